The second-order valence-electron chi connectivity index (χ2n) is 10.9. The number of hydrogen-bond acceptors (Lipinski definition) is 6. The molecule has 9 nitrogen and oxygen atoms in total. The van der Waals surface area contributed by atoms with Crippen molar-refractivity contribution >= 4 is 29.2 Å². The molecule has 2 amide bonds. The minimum Gasteiger partial charge on any atom is -0.465 e. The van der Waals surface area contributed by atoms with E-state index < -0.39 is 29.3 Å². The van der Waals surface area contributed by atoms with E-state index in [2.05, 4.69) is 10.6 Å². The van der Waals surface area contributed by atoms with Crippen LogP contribution in [0.5, 0.6) is 0 Å². The number of carbonyl (C=O) groups excluding carboxylic acids is 3. The van der Waals surface area contributed by atoms with Gasteiger partial charge in [-0.1, -0.05) is 12.1 Å². The van der Waals surface area contributed by atoms with E-state index in [1.54, 1.807) is 33.0 Å². The number of carbonyl (C=O) groups is 3. The van der Waals surface area contributed by atoms with Crippen LogP contribution in [0.15, 0.2) is 41.3 Å². The van der Waals surface area contributed by atoms with E-state index in [-0.39, 0.29) is 11.5 Å². The van der Waals surface area contributed by atoms with Gasteiger partial charge >= 0.3 is 12.1 Å². The van der Waals surface area contributed by atoms with Crippen molar-refractivity contribution in [1.82, 2.24) is 9.72 Å². The van der Waals surface area contributed by atoms with Gasteiger partial charge in [0, 0.05) is 18.3 Å². The molecular formula is C29H31N3O6. The molecule has 0 saturated heterocycles. The number of fused-ring (bicyclic) bond motifs is 2. The van der Waals surface area contributed by atoms with Gasteiger partial charge in [0.1, 0.15) is 17.2 Å². The Balaban J connectivity index is 1.50. The largest absolute Gasteiger partial charge is 0.465 e. The van der Waals surface area contributed by atoms with Gasteiger partial charge in [0.15, 0.2) is 0 Å². The topological polar surface area (TPSA) is 115 Å². The molecular weight excluding hydrogens is 486 g/mol. The fourth-order valence-electron chi connectivity index (χ4n) is 5.01. The number of benzene rings is 1. The maximum atomic E-state index is 13.1. The second-order valence-corrected chi connectivity index (χ2v) is 10.9. The molecule has 1 aromatic carbocycles. The van der Waals surface area contributed by atoms with Crippen LogP contribution in [-0.4, -0.2) is 41.1 Å². The van der Waals surface area contributed by atoms with E-state index in [1.807, 2.05) is 31.2 Å². The minimum atomic E-state index is -0.734. The average Bonchev–Trinajstić information content (AvgIpc) is 3.69. The summed E-state index contributed by atoms with van der Waals surface area (Å²) in [6.07, 6.45) is 3.40. The average molecular weight is 518 g/mol. The SMILES string of the molecule is COC(=O)c1cc(C2CC2)c2c(C)c(-c3ccc4c(c3)NC(=O)C(NC(=O)OC(C)(C)C)C4)ccn2c1=O. The molecule has 38 heavy (non-hydrogen) atoms. The summed E-state index contributed by atoms with van der Waals surface area (Å²) in [6.45, 7) is 7.26. The van der Waals surface area contributed by atoms with Gasteiger partial charge in [0.05, 0.1) is 12.6 Å². The predicted molar refractivity (Wildman–Crippen MR) is 143 cm³/mol. The lowest BCUT2D eigenvalue weighted by Gasteiger charge is -2.27. The van der Waals surface area contributed by atoms with Crippen LogP contribution in [0.3, 0.4) is 0 Å². The van der Waals surface area contributed by atoms with Gasteiger partial charge < -0.3 is 20.1 Å². The van der Waals surface area contributed by atoms with E-state index in [0.717, 1.165) is 46.2 Å². The Labute approximate surface area is 220 Å². The molecule has 1 fully saturated rings. The molecule has 9 heteroatoms. The fraction of sp³-hybridized carbons (Fsp3) is 0.379. The Bertz CT molecular complexity index is 1540. The third-order valence-corrected chi connectivity index (χ3v) is 6.95. The lowest BCUT2D eigenvalue weighted by Crippen LogP contribution is -2.49. The highest BCUT2D eigenvalue weighted by Gasteiger charge is 2.31. The summed E-state index contributed by atoms with van der Waals surface area (Å²) in [5.41, 5.74) is 5.01. The second kappa shape index (κ2) is 9.31. The first kappa shape index (κ1) is 25.5. The quantitative estimate of drug-likeness (QED) is 0.498. The monoisotopic (exact) mass is 517 g/mol. The van der Waals surface area contributed by atoms with Gasteiger partial charge in [-0.3, -0.25) is 14.0 Å². The first-order chi connectivity index (χ1) is 18.0. The lowest BCUT2D eigenvalue weighted by molar-refractivity contribution is -0.118. The van der Waals surface area contributed by atoms with E-state index in [1.165, 1.54) is 11.5 Å². The van der Waals surface area contributed by atoms with Crippen LogP contribution in [-0.2, 0) is 20.7 Å². The molecule has 0 spiro atoms. The highest BCUT2D eigenvalue weighted by molar-refractivity contribution is 6.00. The normalized spacial score (nSPS) is 17.0. The highest BCUT2D eigenvalue weighted by atomic mass is 16.6. The maximum Gasteiger partial charge on any atom is 0.408 e. The van der Waals surface area contributed by atoms with E-state index in [4.69, 9.17) is 9.47 Å². The number of alkyl carbamates (subject to hydrolysis) is 1. The first-order valence-corrected chi connectivity index (χ1v) is 12.7. The summed E-state index contributed by atoms with van der Waals surface area (Å²) in [5, 5.41) is 5.55. The molecule has 1 saturated carbocycles. The minimum absolute atomic E-state index is 0.0325. The highest BCUT2D eigenvalue weighted by Crippen LogP contribution is 2.43. The maximum absolute atomic E-state index is 13.1. The molecule has 1 aliphatic heterocycles. The number of amides is 2. The molecule has 3 aromatic rings. The number of nitrogens with one attached hydrogen (secondary N) is 2. The zero-order valence-corrected chi connectivity index (χ0v) is 22.1. The van der Waals surface area contributed by atoms with E-state index in [9.17, 15) is 19.2 Å². The van der Waals surface area contributed by atoms with Crippen molar-refractivity contribution in [2.75, 3.05) is 12.4 Å². The summed E-state index contributed by atoms with van der Waals surface area (Å²) in [4.78, 5) is 50.3. The van der Waals surface area contributed by atoms with Crippen molar-refractivity contribution in [1.29, 1.82) is 0 Å². The number of pyridine rings is 2. The number of methoxy groups -OCH3 is 1. The Morgan fingerprint density at radius 3 is 2.50 bits per heavy atom. The van der Waals surface area contributed by atoms with Crippen LogP contribution in [0.4, 0.5) is 10.5 Å². The molecule has 0 radical (unpaired) electrons. The number of aromatic nitrogens is 1. The molecule has 1 unspecified atom stereocenters. The van der Waals surface area contributed by atoms with Gasteiger partial charge in [0.2, 0.25) is 5.91 Å². The molecule has 1 atom stereocenters. The van der Waals surface area contributed by atoms with Crippen molar-refractivity contribution in [3.8, 4) is 11.1 Å². The number of nitrogens with zero attached hydrogens (tertiary/aromatic N) is 1. The predicted octanol–water partition coefficient (Wildman–Crippen LogP) is 4.33. The van der Waals surface area contributed by atoms with Crippen LogP contribution in [0.2, 0.25) is 0 Å². The summed E-state index contributed by atoms with van der Waals surface area (Å²) in [6, 6.07) is 8.61. The molecule has 5 rings (SSSR count). The van der Waals surface area contributed by atoms with Gasteiger partial charge in [-0.2, -0.15) is 0 Å². The van der Waals surface area contributed by atoms with Crippen molar-refractivity contribution < 1.29 is 23.9 Å². The molecule has 0 bridgehead atoms. The van der Waals surface area contributed by atoms with Gasteiger partial charge in [-0.05, 0) is 92.5 Å². The van der Waals surface area contributed by atoms with E-state index in [0.29, 0.717) is 18.0 Å². The molecule has 2 aliphatic rings. The van der Waals surface area contributed by atoms with Crippen LogP contribution in [0.25, 0.3) is 16.6 Å². The number of hydrogen-bond donors (Lipinski definition) is 2. The van der Waals surface area contributed by atoms with Gasteiger partial charge in [-0.15, -0.1) is 0 Å². The standard InChI is InChI=1S/C29H31N3O6/c1-15-19(10-11-32-24(15)20(16-6-7-16)14-21(26(32)34)27(35)37-5)17-8-9-18-13-23(25(33)30-22(18)12-17)31-28(36)38-29(2,3)4/h8-12,14,16,23H,6-7,13H2,1-5H3,(H,30,33)(H,31,36). The Morgan fingerprint density at radius 2 is 1.84 bits per heavy atom. The van der Waals surface area contributed by atoms with Crippen molar-refractivity contribution in [2.24, 2.45) is 0 Å². The first-order valence-electron chi connectivity index (χ1n) is 12.7. The Kier molecular flexibility index (Phi) is 6.25. The number of aryl methyl sites for hydroxylation is 1. The Morgan fingerprint density at radius 1 is 1.11 bits per heavy atom. The van der Waals surface area contributed by atoms with E-state index >= 15 is 0 Å². The van der Waals surface area contributed by atoms with Crippen LogP contribution in [0.1, 0.15) is 66.6 Å². The molecule has 1 aliphatic carbocycles. The van der Waals surface area contributed by atoms with Gasteiger partial charge in [-0.25, -0.2) is 9.59 Å². The summed E-state index contributed by atoms with van der Waals surface area (Å²) in [7, 11) is 1.27. The van der Waals surface area contributed by atoms with Gasteiger partial charge in [0.25, 0.3) is 5.56 Å². The molecule has 198 valence electrons. The molecule has 2 aromatic heterocycles. The number of anilines is 1. The molecule has 3 heterocycles. The summed E-state index contributed by atoms with van der Waals surface area (Å²) < 4.78 is 11.7. The summed E-state index contributed by atoms with van der Waals surface area (Å²) in [5.74, 6) is -0.660. The number of rotatable bonds is 4. The Hall–Kier alpha value is -4.14. The molecule has 2 N–H and O–H groups in total. The van der Waals surface area contributed by atoms with Crippen molar-refractivity contribution in [3.63, 3.8) is 0 Å². The summed E-state index contributed by atoms with van der Waals surface area (Å²) >= 11 is 0. The fourth-order valence-corrected chi connectivity index (χ4v) is 5.01. The number of esters is 1. The zero-order valence-electron chi connectivity index (χ0n) is 22.1. The van der Waals surface area contributed by atoms with Crippen molar-refractivity contribution in [3.05, 3.63) is 69.1 Å². The zero-order chi connectivity index (χ0) is 27.4. The third-order valence-electron chi connectivity index (χ3n) is 6.95. The van der Waals surface area contributed by atoms with Crippen LogP contribution >= 0.6 is 0 Å². The lowest BCUT2D eigenvalue weighted by atomic mass is 9.92. The smallest absolute Gasteiger partial charge is 0.408 e. The van der Waals surface area contributed by atoms with Crippen LogP contribution in [0, 0.1) is 6.92 Å². The van der Waals surface area contributed by atoms with Crippen LogP contribution < -0.4 is 16.2 Å². The van der Waals surface area contributed by atoms with Crippen molar-refractivity contribution in [2.45, 2.75) is 64.5 Å². The number of ether oxygens (including phenoxy) is 2. The third kappa shape index (κ3) is 4.76.